The number of halogens is 2. The number of likely N-dealkylation sites (tertiary alicyclic amines) is 1. The number of nitrogens with one attached hydrogen (secondary N) is 1. The number of benzene rings is 1. The molecule has 1 fully saturated rings. The van der Waals surface area contributed by atoms with Crippen molar-refractivity contribution < 1.29 is 4.39 Å². The lowest BCUT2D eigenvalue weighted by Crippen LogP contribution is -2.37. The molecule has 1 aromatic carbocycles. The second kappa shape index (κ2) is 5.87. The van der Waals surface area contributed by atoms with E-state index in [2.05, 4.69) is 14.9 Å². The van der Waals surface area contributed by atoms with Crippen molar-refractivity contribution >= 4 is 22.6 Å². The SMILES string of the molecule is CN1CCC(F)(c2ccc(-c3cc4c(Cl)ccnc4[nH]3)cc2)CC1. The number of hydrogen-bond acceptors (Lipinski definition) is 2. The van der Waals surface area contributed by atoms with E-state index >= 15 is 4.39 Å². The molecule has 0 unspecified atom stereocenters. The fraction of sp³-hybridized carbons (Fsp3) is 0.316. The monoisotopic (exact) mass is 343 g/mol. The van der Waals surface area contributed by atoms with Crippen molar-refractivity contribution in [2.24, 2.45) is 0 Å². The number of H-pyrrole nitrogens is 1. The normalized spacial score (nSPS) is 18.1. The molecule has 0 spiro atoms. The van der Waals surface area contributed by atoms with Gasteiger partial charge in [-0.3, -0.25) is 0 Å². The van der Waals surface area contributed by atoms with Crippen LogP contribution in [0.3, 0.4) is 0 Å². The van der Waals surface area contributed by atoms with E-state index in [1.54, 1.807) is 12.3 Å². The highest BCUT2D eigenvalue weighted by Crippen LogP contribution is 2.37. The molecule has 0 saturated carbocycles. The number of pyridine rings is 1. The van der Waals surface area contributed by atoms with Crippen molar-refractivity contribution in [2.75, 3.05) is 20.1 Å². The average Bonchev–Trinajstić information content (AvgIpc) is 3.04. The minimum absolute atomic E-state index is 0.550. The van der Waals surface area contributed by atoms with E-state index in [9.17, 15) is 0 Å². The van der Waals surface area contributed by atoms with Gasteiger partial charge in [0.25, 0.3) is 0 Å². The third-order valence-electron chi connectivity index (χ3n) is 4.97. The second-order valence-electron chi connectivity index (χ2n) is 6.58. The molecule has 0 amide bonds. The Bertz CT molecular complexity index is 864. The van der Waals surface area contributed by atoms with Crippen LogP contribution in [0.25, 0.3) is 22.3 Å². The maximum atomic E-state index is 15.2. The molecule has 0 atom stereocenters. The van der Waals surface area contributed by atoms with Gasteiger partial charge in [-0.05, 0) is 43.1 Å². The van der Waals surface area contributed by atoms with E-state index in [0.29, 0.717) is 17.9 Å². The van der Waals surface area contributed by atoms with Crippen LogP contribution in [0, 0.1) is 0 Å². The lowest BCUT2D eigenvalue weighted by Gasteiger charge is -2.34. The molecule has 1 aliphatic heterocycles. The van der Waals surface area contributed by atoms with Gasteiger partial charge in [0.2, 0.25) is 0 Å². The number of piperidine rings is 1. The molecule has 3 heterocycles. The minimum Gasteiger partial charge on any atom is -0.339 e. The first-order chi connectivity index (χ1) is 11.5. The van der Waals surface area contributed by atoms with E-state index in [4.69, 9.17) is 11.6 Å². The van der Waals surface area contributed by atoms with Crippen LogP contribution < -0.4 is 0 Å². The van der Waals surface area contributed by atoms with E-state index in [1.807, 2.05) is 37.4 Å². The predicted molar refractivity (Wildman–Crippen MR) is 96.1 cm³/mol. The van der Waals surface area contributed by atoms with Gasteiger partial charge in [0.15, 0.2) is 0 Å². The van der Waals surface area contributed by atoms with Gasteiger partial charge >= 0.3 is 0 Å². The minimum atomic E-state index is -1.21. The number of hydrogen-bond donors (Lipinski definition) is 1. The van der Waals surface area contributed by atoms with E-state index in [-0.39, 0.29) is 0 Å². The van der Waals surface area contributed by atoms with Crippen LogP contribution in [0.5, 0.6) is 0 Å². The van der Waals surface area contributed by atoms with Gasteiger partial charge in [-0.1, -0.05) is 35.9 Å². The molecule has 3 nitrogen and oxygen atoms in total. The highest BCUT2D eigenvalue weighted by Gasteiger charge is 2.35. The summed E-state index contributed by atoms with van der Waals surface area (Å²) in [5.41, 5.74) is 2.26. The molecular weight excluding hydrogens is 325 g/mol. The van der Waals surface area contributed by atoms with Crippen molar-refractivity contribution in [3.63, 3.8) is 0 Å². The molecule has 0 aliphatic carbocycles. The van der Waals surface area contributed by atoms with Crippen LogP contribution in [0.2, 0.25) is 5.02 Å². The van der Waals surface area contributed by atoms with Crippen LogP contribution in [0.15, 0.2) is 42.6 Å². The zero-order valence-corrected chi connectivity index (χ0v) is 14.3. The Kier molecular flexibility index (Phi) is 3.82. The number of nitrogens with zero attached hydrogens (tertiary/aromatic N) is 2. The maximum Gasteiger partial charge on any atom is 0.139 e. The summed E-state index contributed by atoms with van der Waals surface area (Å²) in [6, 6.07) is 11.5. The Morgan fingerprint density at radius 1 is 1.17 bits per heavy atom. The molecule has 1 N–H and O–H groups in total. The first-order valence-corrected chi connectivity index (χ1v) is 8.55. The fourth-order valence-electron chi connectivity index (χ4n) is 3.36. The molecule has 3 aromatic rings. The number of fused-ring (bicyclic) bond motifs is 1. The molecular formula is C19H19ClFN3. The fourth-order valence-corrected chi connectivity index (χ4v) is 3.56. The lowest BCUT2D eigenvalue weighted by atomic mass is 9.86. The van der Waals surface area contributed by atoms with Crippen LogP contribution in [0.1, 0.15) is 18.4 Å². The van der Waals surface area contributed by atoms with Crippen molar-refractivity contribution in [3.05, 3.63) is 53.2 Å². The van der Waals surface area contributed by atoms with Gasteiger partial charge < -0.3 is 9.88 Å². The summed E-state index contributed by atoms with van der Waals surface area (Å²) in [5, 5.41) is 1.57. The van der Waals surface area contributed by atoms with Gasteiger partial charge in [0.1, 0.15) is 11.3 Å². The topological polar surface area (TPSA) is 31.9 Å². The van der Waals surface area contributed by atoms with Gasteiger partial charge in [0.05, 0.1) is 5.02 Å². The maximum absolute atomic E-state index is 15.2. The van der Waals surface area contributed by atoms with Crippen molar-refractivity contribution in [1.82, 2.24) is 14.9 Å². The zero-order chi connectivity index (χ0) is 16.7. The quantitative estimate of drug-likeness (QED) is 0.726. The summed E-state index contributed by atoms with van der Waals surface area (Å²) >= 11 is 6.20. The summed E-state index contributed by atoms with van der Waals surface area (Å²) in [7, 11) is 2.04. The Morgan fingerprint density at radius 2 is 1.88 bits per heavy atom. The Labute approximate surface area is 145 Å². The molecule has 5 heteroatoms. The third kappa shape index (κ3) is 2.70. The van der Waals surface area contributed by atoms with Crippen LogP contribution in [0.4, 0.5) is 4.39 Å². The van der Waals surface area contributed by atoms with Gasteiger partial charge in [-0.25, -0.2) is 9.37 Å². The predicted octanol–water partition coefficient (Wildman–Crippen LogP) is 4.77. The number of rotatable bonds is 2. The summed E-state index contributed by atoms with van der Waals surface area (Å²) < 4.78 is 15.2. The van der Waals surface area contributed by atoms with Crippen molar-refractivity contribution in [3.8, 4) is 11.3 Å². The standard InChI is InChI=1S/C19H19ClFN3/c1-24-10-7-19(21,8-11-24)14-4-2-13(3-5-14)17-12-15-16(20)6-9-22-18(15)23-17/h2-6,9,12H,7-8,10-11H2,1H3,(H,22,23). The lowest BCUT2D eigenvalue weighted by molar-refractivity contribution is 0.0674. The number of aromatic amines is 1. The first kappa shape index (κ1) is 15.6. The molecule has 24 heavy (non-hydrogen) atoms. The highest BCUT2D eigenvalue weighted by atomic mass is 35.5. The van der Waals surface area contributed by atoms with E-state index < -0.39 is 5.67 Å². The molecule has 0 bridgehead atoms. The summed E-state index contributed by atoms with van der Waals surface area (Å²) in [4.78, 5) is 9.74. The van der Waals surface area contributed by atoms with Crippen molar-refractivity contribution in [2.45, 2.75) is 18.5 Å². The largest absolute Gasteiger partial charge is 0.339 e. The molecule has 1 aliphatic rings. The Morgan fingerprint density at radius 3 is 2.54 bits per heavy atom. The summed E-state index contributed by atoms with van der Waals surface area (Å²) in [5.74, 6) is 0. The van der Waals surface area contributed by atoms with Crippen LogP contribution in [-0.4, -0.2) is 35.0 Å². The van der Waals surface area contributed by atoms with Gasteiger partial charge in [-0.15, -0.1) is 0 Å². The van der Waals surface area contributed by atoms with E-state index in [0.717, 1.165) is 40.9 Å². The smallest absolute Gasteiger partial charge is 0.139 e. The van der Waals surface area contributed by atoms with E-state index in [1.165, 1.54) is 0 Å². The summed E-state index contributed by atoms with van der Waals surface area (Å²) in [6.45, 7) is 1.59. The Balaban J connectivity index is 1.64. The van der Waals surface area contributed by atoms with Crippen LogP contribution in [-0.2, 0) is 5.67 Å². The molecule has 2 aromatic heterocycles. The highest BCUT2D eigenvalue weighted by molar-refractivity contribution is 6.35. The van der Waals surface area contributed by atoms with Gasteiger partial charge in [0, 0.05) is 30.4 Å². The van der Waals surface area contributed by atoms with Gasteiger partial charge in [-0.2, -0.15) is 0 Å². The molecule has 124 valence electrons. The first-order valence-electron chi connectivity index (χ1n) is 8.17. The Hall–Kier alpha value is -1.91. The number of aromatic nitrogens is 2. The molecule has 0 radical (unpaired) electrons. The summed E-state index contributed by atoms with van der Waals surface area (Å²) in [6.07, 6.45) is 2.78. The number of alkyl halides is 1. The zero-order valence-electron chi connectivity index (χ0n) is 13.5. The van der Waals surface area contributed by atoms with Crippen LogP contribution >= 0.6 is 11.6 Å². The van der Waals surface area contributed by atoms with Crippen molar-refractivity contribution in [1.29, 1.82) is 0 Å². The average molecular weight is 344 g/mol. The molecule has 1 saturated heterocycles. The third-order valence-corrected chi connectivity index (χ3v) is 5.30. The molecule has 4 rings (SSSR count). The second-order valence-corrected chi connectivity index (χ2v) is 6.99.